The van der Waals surface area contributed by atoms with Gasteiger partial charge < -0.3 is 15.2 Å². The van der Waals surface area contributed by atoms with Gasteiger partial charge in [0, 0.05) is 17.9 Å². The number of hydrogen-bond donors (Lipinski definition) is 2. The van der Waals surface area contributed by atoms with Crippen molar-refractivity contribution in [1.29, 1.82) is 0 Å². The fourth-order valence-electron chi connectivity index (χ4n) is 13.3. The van der Waals surface area contributed by atoms with Crippen molar-refractivity contribution < 1.29 is 29.0 Å². The van der Waals surface area contributed by atoms with Crippen LogP contribution < -0.4 is 5.32 Å². The number of amides is 1. The third kappa shape index (κ3) is 5.47. The Hall–Kier alpha value is -2.18. The van der Waals surface area contributed by atoms with E-state index in [1.807, 2.05) is 0 Å². The van der Waals surface area contributed by atoms with Gasteiger partial charge in [0.1, 0.15) is 6.10 Å². The van der Waals surface area contributed by atoms with E-state index in [1.54, 1.807) is 13.8 Å². The lowest BCUT2D eigenvalue weighted by molar-refractivity contribution is -0.233. The number of hydrogen-bond acceptors (Lipinski definition) is 5. The van der Waals surface area contributed by atoms with E-state index in [1.165, 1.54) is 24.8 Å². The first-order valence-corrected chi connectivity index (χ1v) is 19.8. The van der Waals surface area contributed by atoms with Gasteiger partial charge in [-0.3, -0.25) is 19.2 Å². The average molecular weight is 680 g/mol. The number of ether oxygens (including phenoxy) is 1. The highest BCUT2D eigenvalue weighted by atomic mass is 16.5. The molecule has 6 aliphatic rings. The van der Waals surface area contributed by atoms with Crippen LogP contribution in [0.4, 0.5) is 0 Å². The summed E-state index contributed by atoms with van der Waals surface area (Å²) in [7, 11) is 0. The smallest absolute Gasteiger partial charge is 0.309 e. The molecule has 7 heteroatoms. The van der Waals surface area contributed by atoms with E-state index in [4.69, 9.17) is 4.74 Å². The first-order chi connectivity index (χ1) is 22.7. The number of carboxylic acids is 1. The van der Waals surface area contributed by atoms with Gasteiger partial charge in [-0.15, -0.1) is 0 Å². The van der Waals surface area contributed by atoms with Crippen LogP contribution >= 0.6 is 0 Å². The van der Waals surface area contributed by atoms with Gasteiger partial charge in [0.15, 0.2) is 5.78 Å². The molecular formula is C42H65NO6. The molecular weight excluding hydrogens is 614 g/mol. The van der Waals surface area contributed by atoms with Crippen LogP contribution in [0.3, 0.4) is 0 Å². The van der Waals surface area contributed by atoms with Crippen molar-refractivity contribution in [2.75, 3.05) is 0 Å². The maximum absolute atomic E-state index is 14.5. The molecule has 5 fully saturated rings. The third-order valence-corrected chi connectivity index (χ3v) is 16.2. The van der Waals surface area contributed by atoms with Crippen LogP contribution in [0.1, 0.15) is 159 Å². The fraction of sp³-hybridized carbons (Fsp3) is 0.857. The summed E-state index contributed by atoms with van der Waals surface area (Å²) in [6.45, 7) is 19.6. The Labute approximate surface area is 295 Å². The third-order valence-electron chi connectivity index (χ3n) is 16.2. The number of nitrogens with one attached hydrogen (secondary N) is 1. The molecule has 0 heterocycles. The highest BCUT2D eigenvalue weighted by Gasteiger charge is 2.71. The molecule has 0 radical (unpaired) electrons. The maximum Gasteiger partial charge on any atom is 0.309 e. The van der Waals surface area contributed by atoms with Crippen LogP contribution in [-0.4, -0.2) is 40.9 Å². The number of carbonyl (C=O) groups excluding carboxylic acids is 3. The van der Waals surface area contributed by atoms with Crippen LogP contribution in [0.5, 0.6) is 0 Å². The van der Waals surface area contributed by atoms with Gasteiger partial charge in [-0.25, -0.2) is 0 Å². The number of fused-ring (bicyclic) bond motifs is 7. The summed E-state index contributed by atoms with van der Waals surface area (Å²) in [5.41, 5.74) is 0.206. The molecule has 49 heavy (non-hydrogen) atoms. The van der Waals surface area contributed by atoms with E-state index in [0.717, 1.165) is 69.8 Å². The number of ketones is 1. The predicted molar refractivity (Wildman–Crippen MR) is 190 cm³/mol. The summed E-state index contributed by atoms with van der Waals surface area (Å²) in [6, 6.07) is 0.230. The summed E-state index contributed by atoms with van der Waals surface area (Å²) in [4.78, 5) is 53.2. The van der Waals surface area contributed by atoms with E-state index in [9.17, 15) is 24.3 Å². The van der Waals surface area contributed by atoms with E-state index in [0.29, 0.717) is 18.3 Å². The Morgan fingerprint density at radius 2 is 1.53 bits per heavy atom. The number of allylic oxidation sites excluding steroid dienone is 1. The normalized spacial score (nSPS) is 40.6. The SMILES string of the molecule is CC(C)C1=C2[C@H]3CCC4[C@@]5(C)CC[C@H](OC(=O)CC(C)(C)C(=O)O)C(C)(C)C5CC[C@@]4(C)[C@]3(C)CC[C@@]2(C(=O)NC2CCCCC2)CC1=O. The average Bonchev–Trinajstić information content (AvgIpc) is 3.32. The summed E-state index contributed by atoms with van der Waals surface area (Å²) in [5, 5.41) is 13.1. The summed E-state index contributed by atoms with van der Waals surface area (Å²) >= 11 is 0. The van der Waals surface area contributed by atoms with Crippen LogP contribution in [0, 0.1) is 56.2 Å². The van der Waals surface area contributed by atoms with E-state index in [2.05, 4.69) is 53.8 Å². The predicted octanol–water partition coefficient (Wildman–Crippen LogP) is 8.83. The lowest BCUT2D eigenvalue weighted by atomic mass is 9.33. The molecule has 0 bridgehead atoms. The number of carboxylic acid groups (broad SMARTS) is 1. The number of carbonyl (C=O) groups is 4. The second kappa shape index (κ2) is 12.2. The van der Waals surface area contributed by atoms with Crippen molar-refractivity contribution in [2.45, 2.75) is 171 Å². The zero-order valence-corrected chi connectivity index (χ0v) is 32.1. The highest BCUT2D eigenvalue weighted by Crippen LogP contribution is 2.76. The van der Waals surface area contributed by atoms with Crippen LogP contribution in [0.2, 0.25) is 0 Å². The molecule has 274 valence electrons. The molecule has 0 saturated heterocycles. The molecule has 2 unspecified atom stereocenters. The van der Waals surface area contributed by atoms with Gasteiger partial charge >= 0.3 is 11.9 Å². The molecule has 6 rings (SSSR count). The minimum absolute atomic E-state index is 0.0194. The van der Waals surface area contributed by atoms with E-state index in [-0.39, 0.29) is 63.8 Å². The Morgan fingerprint density at radius 1 is 0.857 bits per heavy atom. The number of aliphatic carboxylic acids is 1. The maximum atomic E-state index is 14.5. The molecule has 8 atom stereocenters. The lowest BCUT2D eigenvalue weighted by Crippen LogP contribution is -2.66. The molecule has 0 aromatic heterocycles. The first-order valence-electron chi connectivity index (χ1n) is 19.8. The number of rotatable bonds is 7. The molecule has 0 aromatic rings. The Bertz CT molecular complexity index is 1420. The highest BCUT2D eigenvalue weighted by molar-refractivity contribution is 6.07. The van der Waals surface area contributed by atoms with Crippen molar-refractivity contribution in [3.63, 3.8) is 0 Å². The molecule has 6 aliphatic carbocycles. The zero-order chi connectivity index (χ0) is 35.9. The lowest BCUT2D eigenvalue weighted by Gasteiger charge is -2.72. The Kier molecular flexibility index (Phi) is 9.12. The first kappa shape index (κ1) is 36.6. The second-order valence-corrected chi connectivity index (χ2v) is 19.8. The van der Waals surface area contributed by atoms with Crippen LogP contribution in [0.25, 0.3) is 0 Å². The number of Topliss-reactive ketones (excluding diaryl/α,β-unsaturated/α-hetero) is 1. The van der Waals surface area contributed by atoms with Crippen LogP contribution in [-0.2, 0) is 23.9 Å². The van der Waals surface area contributed by atoms with Crippen LogP contribution in [0.15, 0.2) is 11.1 Å². The fourth-order valence-corrected chi connectivity index (χ4v) is 13.3. The topological polar surface area (TPSA) is 110 Å². The van der Waals surface area contributed by atoms with Gasteiger partial charge in [0.2, 0.25) is 5.91 Å². The van der Waals surface area contributed by atoms with Gasteiger partial charge in [0.05, 0.1) is 17.3 Å². The van der Waals surface area contributed by atoms with Crippen molar-refractivity contribution in [3.8, 4) is 0 Å². The van der Waals surface area contributed by atoms with Gasteiger partial charge in [0.25, 0.3) is 0 Å². The Balaban J connectivity index is 1.29. The molecule has 0 spiro atoms. The van der Waals surface area contributed by atoms with Crippen molar-refractivity contribution >= 4 is 23.6 Å². The molecule has 0 aliphatic heterocycles. The monoisotopic (exact) mass is 679 g/mol. The minimum atomic E-state index is -1.16. The van der Waals surface area contributed by atoms with Gasteiger partial charge in [-0.1, -0.05) is 67.7 Å². The molecule has 7 nitrogen and oxygen atoms in total. The van der Waals surface area contributed by atoms with Crippen molar-refractivity contribution in [3.05, 3.63) is 11.1 Å². The minimum Gasteiger partial charge on any atom is -0.481 e. The number of esters is 1. The van der Waals surface area contributed by atoms with Crippen molar-refractivity contribution in [2.24, 2.45) is 56.2 Å². The zero-order valence-electron chi connectivity index (χ0n) is 32.1. The van der Waals surface area contributed by atoms with Gasteiger partial charge in [-0.05, 0) is 129 Å². The molecule has 0 aromatic carbocycles. The standard InChI is InChI=1S/C42H65NO6/c1-25(2)33-28(44)23-42(35(46)43-26-13-11-10-12-14-26)22-21-40(8)27(34(33)42)15-16-30-39(7)19-18-31(49-32(45)24-37(3,4)36(47)48)38(5,6)29(39)17-20-41(30,40)9/h25-27,29-31H,10-24H2,1-9H3,(H,43,46)(H,47,48)/t27-,29?,30?,31+,39+,40-,41-,42-/m1/s1. The van der Waals surface area contributed by atoms with E-state index >= 15 is 0 Å². The quantitative estimate of drug-likeness (QED) is 0.260. The Morgan fingerprint density at radius 3 is 2.16 bits per heavy atom. The van der Waals surface area contributed by atoms with E-state index < -0.39 is 22.8 Å². The largest absolute Gasteiger partial charge is 0.481 e. The summed E-state index contributed by atoms with van der Waals surface area (Å²) in [6.07, 6.45) is 13.4. The molecule has 2 N–H and O–H groups in total. The van der Waals surface area contributed by atoms with Gasteiger partial charge in [-0.2, -0.15) is 0 Å². The summed E-state index contributed by atoms with van der Waals surface area (Å²) in [5.74, 6) is 0.131. The molecule has 5 saturated carbocycles. The second-order valence-electron chi connectivity index (χ2n) is 19.8. The molecule has 1 amide bonds. The van der Waals surface area contributed by atoms with Crippen molar-refractivity contribution in [1.82, 2.24) is 5.32 Å². The summed E-state index contributed by atoms with van der Waals surface area (Å²) < 4.78 is 6.15.